The predicted octanol–water partition coefficient (Wildman–Crippen LogP) is -2.12. The molecular formula is C44H58B22N10O4. The summed E-state index contributed by atoms with van der Waals surface area (Å²) < 4.78 is 2.35. The van der Waals surface area contributed by atoms with E-state index in [0.717, 1.165) is 119 Å². The summed E-state index contributed by atoms with van der Waals surface area (Å²) in [5.74, 6) is 3.24. The number of carbonyl (C=O) groups is 2. The van der Waals surface area contributed by atoms with Crippen LogP contribution in [0.1, 0.15) is 62.6 Å². The minimum atomic E-state index is -0.889. The number of ketones is 1. The van der Waals surface area contributed by atoms with Crippen molar-refractivity contribution in [2.75, 3.05) is 49.7 Å². The molecule has 3 aliphatic rings. The van der Waals surface area contributed by atoms with Crippen LogP contribution < -0.4 is 10.5 Å². The van der Waals surface area contributed by atoms with Gasteiger partial charge in [0, 0.05) is 205 Å². The van der Waals surface area contributed by atoms with Gasteiger partial charge in [0.2, 0.25) is 5.91 Å². The molecule has 3 aliphatic heterocycles. The summed E-state index contributed by atoms with van der Waals surface area (Å²) in [6.45, 7) is 12.0. The van der Waals surface area contributed by atoms with Crippen molar-refractivity contribution < 1.29 is 19.6 Å². The van der Waals surface area contributed by atoms with Crippen molar-refractivity contribution in [3.8, 4) is 11.5 Å². The number of rotatable bonds is 20. The van der Waals surface area contributed by atoms with Crippen LogP contribution in [0, 0.1) is 11.8 Å². The number of nitrogens with zero attached hydrogens (tertiary/aromatic N) is 8. The number of likely N-dealkylation sites (tertiary alicyclic amines) is 3. The third-order valence-electron chi connectivity index (χ3n) is 15.5. The number of para-hydroxylation sites is 2. The zero-order valence-electron chi connectivity index (χ0n) is 46.7. The smallest absolute Gasteiger partial charge is 0.408 e. The standard InChI is InChI=1S/C30H36BN7O2.C14H22BN3O2.B20/c1-31(40)35-28-20-22(9-15-33-28)21-36-16-10-23(11-17-36)30(39)37-18-12-24(13-19-37)38-27-8-3-2-6-25(27)34-29(38)26-7-4-5-14-32-26;1-11(19)13-4-7-18(8-5-13)10-12-3-6-16-14(9-12)17-15(2)20;1-12(2)17(11)20(18(13(3)4)14(5)6)19(15(7)8)16(9)10/h2-9,14-15,20,23-24,40H,10-13,16-19,21H2,1H3,(H,33,35);3,6,9,13,20H,4-5,7-8,10H2,1-2H3,(H,16,17);. The molecule has 0 spiro atoms. The fraction of sp³-hybridized carbons (Fsp3) is 0.455. The molecule has 0 atom stereocenters. The first-order chi connectivity index (χ1) is 38.1. The van der Waals surface area contributed by atoms with Crippen LogP contribution in [-0.2, 0) is 22.7 Å². The van der Waals surface area contributed by atoms with Crippen molar-refractivity contribution in [2.24, 2.45) is 11.8 Å². The lowest BCUT2D eigenvalue weighted by atomic mass is 8.39. The van der Waals surface area contributed by atoms with Crippen molar-refractivity contribution in [1.29, 1.82) is 0 Å². The van der Waals surface area contributed by atoms with Gasteiger partial charge >= 0.3 is 14.1 Å². The summed E-state index contributed by atoms with van der Waals surface area (Å²) in [6.07, 6.45) is 3.70. The summed E-state index contributed by atoms with van der Waals surface area (Å²) in [5.41, 5.74) is 5.32. The number of Topliss-reactive ketones (excluding diaryl/α,β-unsaturated/α-hetero) is 1. The van der Waals surface area contributed by atoms with E-state index in [1.54, 1.807) is 33.0 Å². The minimum absolute atomic E-state index is 0.0934. The molecular weight excluding hydrogens is 970 g/mol. The maximum absolute atomic E-state index is 13.5. The van der Waals surface area contributed by atoms with Crippen molar-refractivity contribution >= 4 is 191 Å². The molecule has 3 saturated heterocycles. The van der Waals surface area contributed by atoms with Gasteiger partial charge in [0.25, 0.3) is 0 Å². The number of carbonyl (C=O) groups excluding carboxylic acids is 2. The SMILES string of the molecule is CB(O)Nc1cc(CN2CCC(C(=O)N3CCC(n4c(-c5ccccn5)nc5ccccc54)CC3)CC2)ccn1.CB(O)Nc1cc(CN2CCC(C(C)=O)CC2)ccn1.[B]B([B])B([B])B(B(B([B])[B])B([B])[B])B(B([B])[B])B([B])[B]. The van der Waals surface area contributed by atoms with Crippen LogP contribution in [-0.4, -0.2) is 257 Å². The van der Waals surface area contributed by atoms with Gasteiger partial charge in [-0.15, -0.1) is 0 Å². The van der Waals surface area contributed by atoms with E-state index in [0.29, 0.717) is 23.3 Å². The Bertz CT molecular complexity index is 2650. The van der Waals surface area contributed by atoms with Crippen LogP contribution >= 0.6 is 0 Å². The summed E-state index contributed by atoms with van der Waals surface area (Å²) in [5, 5.41) is 24.7. The van der Waals surface area contributed by atoms with Crippen molar-refractivity contribution in [1.82, 2.24) is 39.2 Å². The maximum atomic E-state index is 13.5. The van der Waals surface area contributed by atoms with E-state index >= 15 is 0 Å². The highest BCUT2D eigenvalue weighted by atomic mass is 16.2. The van der Waals surface area contributed by atoms with Crippen LogP contribution in [0.5, 0.6) is 0 Å². The highest BCUT2D eigenvalue weighted by Gasteiger charge is 2.44. The van der Waals surface area contributed by atoms with E-state index in [9.17, 15) is 19.6 Å². The number of benzene rings is 1. The second kappa shape index (κ2) is 31.7. The van der Waals surface area contributed by atoms with Crippen molar-refractivity contribution in [3.05, 3.63) is 96.4 Å². The molecule has 1 aromatic carbocycles. The molecule has 0 unspecified atom stereocenters. The van der Waals surface area contributed by atoms with Gasteiger partial charge in [0.15, 0.2) is 5.82 Å². The van der Waals surface area contributed by atoms with Crippen LogP contribution in [0.2, 0.25) is 13.6 Å². The molecule has 36 heteroatoms. The summed E-state index contributed by atoms with van der Waals surface area (Å²) >= 11 is 0. The van der Waals surface area contributed by atoms with E-state index in [-0.39, 0.29) is 17.9 Å². The van der Waals surface area contributed by atoms with E-state index in [1.165, 1.54) is 5.56 Å². The molecule has 5 aromatic rings. The molecule has 8 rings (SSSR count). The summed E-state index contributed by atoms with van der Waals surface area (Å²) in [4.78, 5) is 49.7. The second-order valence-corrected chi connectivity index (χ2v) is 21.7. The first-order valence-electron chi connectivity index (χ1n) is 27.8. The average molecular weight is 1030 g/mol. The zero-order valence-corrected chi connectivity index (χ0v) is 46.7. The normalized spacial score (nSPS) is 15.2. The van der Waals surface area contributed by atoms with Gasteiger partial charge in [0.1, 0.15) is 23.1 Å². The van der Waals surface area contributed by atoms with E-state index in [2.05, 4.69) is 62.9 Å². The molecule has 4 N–H and O–H groups in total. The minimum Gasteiger partial charge on any atom is -0.433 e. The number of hydrogen-bond acceptors (Lipinski definition) is 12. The Morgan fingerprint density at radius 1 is 0.575 bits per heavy atom. The van der Waals surface area contributed by atoms with Gasteiger partial charge in [-0.25, -0.2) is 15.0 Å². The molecule has 14 nitrogen and oxygen atoms in total. The Hall–Kier alpha value is -3.85. The zero-order chi connectivity index (χ0) is 58.2. The van der Waals surface area contributed by atoms with Gasteiger partial charge in [-0.3, -0.25) is 24.4 Å². The lowest BCUT2D eigenvalue weighted by Crippen LogP contribution is -2.80. The highest BCUT2D eigenvalue weighted by Crippen LogP contribution is 2.34. The first-order valence-corrected chi connectivity index (χ1v) is 27.8. The van der Waals surface area contributed by atoms with Crippen molar-refractivity contribution in [2.45, 2.75) is 78.2 Å². The Kier molecular flexibility index (Phi) is 25.9. The molecule has 1 amide bonds. The number of fused-ring (bicyclic) bond motifs is 1. The average Bonchev–Trinajstić information content (AvgIpc) is 3.81. The molecule has 0 bridgehead atoms. The number of amides is 1. The van der Waals surface area contributed by atoms with Crippen LogP contribution in [0.3, 0.4) is 0 Å². The fourth-order valence-corrected chi connectivity index (χ4v) is 11.3. The highest BCUT2D eigenvalue weighted by molar-refractivity contribution is 8.19. The lowest BCUT2D eigenvalue weighted by molar-refractivity contribution is -0.138. The van der Waals surface area contributed by atoms with Gasteiger partial charge in [-0.05, 0) is 145 Å². The lowest BCUT2D eigenvalue weighted by Gasteiger charge is -2.42. The summed E-state index contributed by atoms with van der Waals surface area (Å²) in [6, 6.07) is 22.5. The molecule has 0 aliphatic carbocycles. The molecule has 22 radical (unpaired) electrons. The van der Waals surface area contributed by atoms with Gasteiger partial charge in [0.05, 0.1) is 11.0 Å². The molecule has 374 valence electrons. The number of anilines is 2. The number of nitrogens with one attached hydrogen (secondary N) is 2. The third kappa shape index (κ3) is 18.8. The number of hydrogen-bond donors (Lipinski definition) is 4. The Morgan fingerprint density at radius 2 is 1.05 bits per heavy atom. The fourth-order valence-electron chi connectivity index (χ4n) is 11.3. The Balaban J connectivity index is 0.000000218. The number of imidazole rings is 1. The Morgan fingerprint density at radius 3 is 1.49 bits per heavy atom. The van der Waals surface area contributed by atoms with Crippen LogP contribution in [0.15, 0.2) is 85.3 Å². The molecule has 7 heterocycles. The number of pyridine rings is 3. The Labute approximate surface area is 494 Å². The summed E-state index contributed by atoms with van der Waals surface area (Å²) in [7, 11) is 61.9. The molecule has 80 heavy (non-hydrogen) atoms. The van der Waals surface area contributed by atoms with Gasteiger partial charge in [-0.2, -0.15) is 0 Å². The molecule has 0 saturated carbocycles. The maximum Gasteiger partial charge on any atom is 0.408 e. The van der Waals surface area contributed by atoms with Crippen molar-refractivity contribution in [3.63, 3.8) is 0 Å². The van der Waals surface area contributed by atoms with E-state index in [1.807, 2.05) is 54.7 Å². The van der Waals surface area contributed by atoms with Gasteiger partial charge in [-0.1, -0.05) is 18.2 Å². The van der Waals surface area contributed by atoms with Crippen LogP contribution in [0.4, 0.5) is 11.6 Å². The third-order valence-corrected chi connectivity index (χ3v) is 15.5. The molecule has 4 aromatic heterocycles. The first kappa shape index (κ1) is 65.3. The van der Waals surface area contributed by atoms with E-state index in [4.69, 9.17) is 90.1 Å². The number of aromatic nitrogens is 5. The number of piperidine rings is 3. The second-order valence-electron chi connectivity index (χ2n) is 21.7. The van der Waals surface area contributed by atoms with E-state index < -0.39 is 71.6 Å². The topological polar surface area (TPSA) is 165 Å². The van der Waals surface area contributed by atoms with Gasteiger partial charge < -0.3 is 30.0 Å². The van der Waals surface area contributed by atoms with Crippen LogP contribution in [0.25, 0.3) is 22.6 Å². The quantitative estimate of drug-likeness (QED) is 0.0629. The monoisotopic (exact) mass is 1030 g/mol. The predicted molar refractivity (Wildman–Crippen MR) is 353 cm³/mol. The molecule has 3 fully saturated rings. The largest absolute Gasteiger partial charge is 0.433 e.